The van der Waals surface area contributed by atoms with Gasteiger partial charge in [-0.05, 0) is 61.9 Å². The molecule has 0 heterocycles. The van der Waals surface area contributed by atoms with Crippen LogP contribution in [0.15, 0.2) is 54.1 Å². The number of hydrogen-bond acceptors (Lipinski definition) is 4. The second-order valence-corrected chi connectivity index (χ2v) is 6.12. The Bertz CT molecular complexity index is 876. The molecule has 2 amide bonds. The van der Waals surface area contributed by atoms with E-state index in [1.807, 2.05) is 19.9 Å². The van der Waals surface area contributed by atoms with E-state index in [4.69, 9.17) is 4.74 Å². The predicted molar refractivity (Wildman–Crippen MR) is 105 cm³/mol. The molecule has 0 atom stereocenters. The molecule has 0 aliphatic heterocycles. The average molecular weight is 363 g/mol. The fraction of sp³-hybridized carbons (Fsp3) is 0.190. The van der Waals surface area contributed by atoms with E-state index in [1.165, 1.54) is 13.0 Å². The molecule has 0 saturated heterocycles. The van der Waals surface area contributed by atoms with Gasteiger partial charge in [0.2, 0.25) is 5.91 Å². The number of carbonyl (C=O) groups is 2. The van der Waals surface area contributed by atoms with E-state index < -0.39 is 5.91 Å². The maximum atomic E-state index is 12.3. The molecule has 0 fully saturated rings. The molecule has 27 heavy (non-hydrogen) atoms. The van der Waals surface area contributed by atoms with Crippen molar-refractivity contribution in [1.29, 1.82) is 5.26 Å². The van der Waals surface area contributed by atoms with Crippen LogP contribution in [0.5, 0.6) is 5.75 Å². The third-order valence-electron chi connectivity index (χ3n) is 3.39. The van der Waals surface area contributed by atoms with Gasteiger partial charge in [-0.2, -0.15) is 5.26 Å². The second kappa shape index (κ2) is 9.20. The first-order chi connectivity index (χ1) is 12.9. The Hall–Kier alpha value is -3.59. The van der Waals surface area contributed by atoms with E-state index in [0.717, 1.165) is 11.3 Å². The minimum absolute atomic E-state index is 0.0153. The summed E-state index contributed by atoms with van der Waals surface area (Å²) in [7, 11) is 0. The van der Waals surface area contributed by atoms with Crippen LogP contribution >= 0.6 is 0 Å². The van der Waals surface area contributed by atoms with Crippen LogP contribution in [0.4, 0.5) is 11.4 Å². The first-order valence-corrected chi connectivity index (χ1v) is 8.45. The number of amides is 2. The zero-order valence-electron chi connectivity index (χ0n) is 15.4. The summed E-state index contributed by atoms with van der Waals surface area (Å²) >= 11 is 0. The number of carbonyl (C=O) groups excluding carboxylic acids is 2. The topological polar surface area (TPSA) is 91.2 Å². The molecular formula is C21H21N3O3. The van der Waals surface area contributed by atoms with E-state index in [0.29, 0.717) is 11.4 Å². The van der Waals surface area contributed by atoms with Gasteiger partial charge >= 0.3 is 0 Å². The maximum absolute atomic E-state index is 12.3. The summed E-state index contributed by atoms with van der Waals surface area (Å²) < 4.78 is 5.57. The van der Waals surface area contributed by atoms with Crippen molar-refractivity contribution in [2.75, 3.05) is 10.6 Å². The van der Waals surface area contributed by atoms with Crippen LogP contribution in [0.1, 0.15) is 26.3 Å². The van der Waals surface area contributed by atoms with Gasteiger partial charge in [0, 0.05) is 18.3 Å². The van der Waals surface area contributed by atoms with E-state index >= 15 is 0 Å². The van der Waals surface area contributed by atoms with Crippen molar-refractivity contribution in [1.82, 2.24) is 0 Å². The smallest absolute Gasteiger partial charge is 0.266 e. The lowest BCUT2D eigenvalue weighted by Crippen LogP contribution is -2.13. The lowest BCUT2D eigenvalue weighted by Gasteiger charge is -2.09. The van der Waals surface area contributed by atoms with Crippen LogP contribution in [-0.4, -0.2) is 17.9 Å². The SMILES string of the molecule is CC(=O)Nc1ccc(NC(=O)/C(C#N)=C/c2ccc(OC(C)C)cc2)cc1. The molecule has 0 aliphatic rings. The molecule has 0 radical (unpaired) electrons. The third kappa shape index (κ3) is 6.33. The molecule has 6 heteroatoms. The molecule has 6 nitrogen and oxygen atoms in total. The molecule has 2 aromatic carbocycles. The largest absolute Gasteiger partial charge is 0.491 e. The van der Waals surface area contributed by atoms with Crippen molar-refractivity contribution in [2.24, 2.45) is 0 Å². The summed E-state index contributed by atoms with van der Waals surface area (Å²) in [6.45, 7) is 5.30. The number of benzene rings is 2. The van der Waals surface area contributed by atoms with Crippen molar-refractivity contribution in [3.05, 3.63) is 59.7 Å². The lowest BCUT2D eigenvalue weighted by molar-refractivity contribution is -0.114. The highest BCUT2D eigenvalue weighted by Gasteiger charge is 2.10. The Balaban J connectivity index is 2.07. The average Bonchev–Trinajstić information content (AvgIpc) is 2.61. The standard InChI is InChI=1S/C21H21N3O3/c1-14(2)27-20-10-4-16(5-11-20)12-17(13-22)21(26)24-19-8-6-18(7-9-19)23-15(3)25/h4-12,14H,1-3H3,(H,23,25)(H,24,26)/b17-12+. The molecule has 0 spiro atoms. The number of anilines is 2. The molecule has 138 valence electrons. The number of ether oxygens (including phenoxy) is 1. The molecule has 2 N–H and O–H groups in total. The van der Waals surface area contributed by atoms with Gasteiger partial charge in [-0.15, -0.1) is 0 Å². The zero-order chi connectivity index (χ0) is 19.8. The molecule has 2 rings (SSSR count). The molecule has 0 aliphatic carbocycles. The fourth-order valence-electron chi connectivity index (χ4n) is 2.27. The monoisotopic (exact) mass is 363 g/mol. The van der Waals surface area contributed by atoms with Crippen LogP contribution < -0.4 is 15.4 Å². The minimum atomic E-state index is -0.507. The van der Waals surface area contributed by atoms with Crippen molar-refractivity contribution in [3.63, 3.8) is 0 Å². The Morgan fingerprint density at radius 3 is 2.04 bits per heavy atom. The van der Waals surface area contributed by atoms with Gasteiger partial charge < -0.3 is 15.4 Å². The van der Waals surface area contributed by atoms with Crippen molar-refractivity contribution >= 4 is 29.3 Å². The van der Waals surface area contributed by atoms with E-state index in [9.17, 15) is 14.9 Å². The van der Waals surface area contributed by atoms with Gasteiger partial charge in [0.25, 0.3) is 5.91 Å². The summed E-state index contributed by atoms with van der Waals surface area (Å²) in [5, 5.41) is 14.6. The number of nitriles is 1. The van der Waals surface area contributed by atoms with Gasteiger partial charge in [-0.25, -0.2) is 0 Å². The Morgan fingerprint density at radius 2 is 1.56 bits per heavy atom. The molecular weight excluding hydrogens is 342 g/mol. The second-order valence-electron chi connectivity index (χ2n) is 6.12. The highest BCUT2D eigenvalue weighted by atomic mass is 16.5. The fourth-order valence-corrected chi connectivity index (χ4v) is 2.27. The van der Waals surface area contributed by atoms with Crippen LogP contribution in [0.2, 0.25) is 0 Å². The quantitative estimate of drug-likeness (QED) is 0.600. The normalized spacial score (nSPS) is 10.9. The summed E-state index contributed by atoms with van der Waals surface area (Å²) in [6.07, 6.45) is 1.59. The molecule has 0 saturated carbocycles. The highest BCUT2D eigenvalue weighted by Crippen LogP contribution is 2.17. The number of nitrogens with zero attached hydrogens (tertiary/aromatic N) is 1. The Kier molecular flexibility index (Phi) is 6.73. The van der Waals surface area contributed by atoms with Crippen LogP contribution in [0.3, 0.4) is 0 Å². The van der Waals surface area contributed by atoms with E-state index in [2.05, 4.69) is 10.6 Å². The van der Waals surface area contributed by atoms with E-state index in [-0.39, 0.29) is 17.6 Å². The first kappa shape index (κ1) is 19.7. The number of nitrogens with one attached hydrogen (secondary N) is 2. The van der Waals surface area contributed by atoms with Crippen LogP contribution in [0.25, 0.3) is 6.08 Å². The summed E-state index contributed by atoms with van der Waals surface area (Å²) in [6, 6.07) is 15.7. The first-order valence-electron chi connectivity index (χ1n) is 8.45. The summed E-state index contributed by atoms with van der Waals surface area (Å²) in [5.74, 6) is 0.0444. The van der Waals surface area contributed by atoms with Gasteiger partial charge in [-0.3, -0.25) is 9.59 Å². The minimum Gasteiger partial charge on any atom is -0.491 e. The predicted octanol–water partition coefficient (Wildman–Crippen LogP) is 3.98. The maximum Gasteiger partial charge on any atom is 0.266 e. The van der Waals surface area contributed by atoms with Crippen molar-refractivity contribution < 1.29 is 14.3 Å². The zero-order valence-corrected chi connectivity index (χ0v) is 15.4. The van der Waals surface area contributed by atoms with Crippen molar-refractivity contribution in [3.8, 4) is 11.8 Å². The lowest BCUT2D eigenvalue weighted by atomic mass is 10.1. The Morgan fingerprint density at radius 1 is 1.00 bits per heavy atom. The van der Waals surface area contributed by atoms with Gasteiger partial charge in [0.15, 0.2) is 0 Å². The number of hydrogen-bond donors (Lipinski definition) is 2. The summed E-state index contributed by atoms with van der Waals surface area (Å²) in [4.78, 5) is 23.3. The molecule has 2 aromatic rings. The molecule has 0 aromatic heterocycles. The van der Waals surface area contributed by atoms with Gasteiger partial charge in [0.05, 0.1) is 6.10 Å². The van der Waals surface area contributed by atoms with Crippen LogP contribution in [0, 0.1) is 11.3 Å². The highest BCUT2D eigenvalue weighted by molar-refractivity contribution is 6.09. The van der Waals surface area contributed by atoms with Gasteiger partial charge in [0.1, 0.15) is 17.4 Å². The van der Waals surface area contributed by atoms with Gasteiger partial charge in [-0.1, -0.05) is 12.1 Å². The summed E-state index contributed by atoms with van der Waals surface area (Å²) in [5.41, 5.74) is 1.86. The van der Waals surface area contributed by atoms with E-state index in [1.54, 1.807) is 48.5 Å². The molecule has 0 unspecified atom stereocenters. The van der Waals surface area contributed by atoms with Crippen LogP contribution in [-0.2, 0) is 9.59 Å². The number of rotatable bonds is 6. The third-order valence-corrected chi connectivity index (χ3v) is 3.39. The Labute approximate surface area is 158 Å². The van der Waals surface area contributed by atoms with Crippen molar-refractivity contribution in [2.45, 2.75) is 26.9 Å². The molecule has 0 bridgehead atoms.